The van der Waals surface area contributed by atoms with Gasteiger partial charge < -0.3 is 19.9 Å². The van der Waals surface area contributed by atoms with Gasteiger partial charge in [0.2, 0.25) is 0 Å². The summed E-state index contributed by atoms with van der Waals surface area (Å²) < 4.78 is 5.71. The van der Waals surface area contributed by atoms with Crippen molar-refractivity contribution in [3.63, 3.8) is 0 Å². The zero-order chi connectivity index (χ0) is 20.1. The van der Waals surface area contributed by atoms with Crippen molar-refractivity contribution in [3.8, 4) is 0 Å². The fraction of sp³-hybridized carbons (Fsp3) is 0.522. The van der Waals surface area contributed by atoms with Crippen molar-refractivity contribution in [3.05, 3.63) is 52.9 Å². The SMILES string of the molecule is CN=C(NCC1(c2ccccc2C)CCOCC1)N1CCN(c2cccs2)CC1. The molecule has 156 valence electrons. The van der Waals surface area contributed by atoms with Crippen molar-refractivity contribution in [2.45, 2.75) is 25.2 Å². The maximum absolute atomic E-state index is 5.71. The lowest BCUT2D eigenvalue weighted by atomic mass is 9.72. The molecule has 0 unspecified atom stereocenters. The maximum atomic E-state index is 5.71. The van der Waals surface area contributed by atoms with Crippen LogP contribution in [0.15, 0.2) is 46.8 Å². The van der Waals surface area contributed by atoms with Crippen LogP contribution in [0.2, 0.25) is 0 Å². The van der Waals surface area contributed by atoms with Crippen LogP contribution < -0.4 is 10.2 Å². The third kappa shape index (κ3) is 4.43. The van der Waals surface area contributed by atoms with E-state index in [2.05, 4.69) is 68.8 Å². The lowest BCUT2D eigenvalue weighted by molar-refractivity contribution is 0.0509. The van der Waals surface area contributed by atoms with E-state index >= 15 is 0 Å². The first kappa shape index (κ1) is 20.2. The Hall–Kier alpha value is -2.05. The first-order chi connectivity index (χ1) is 14.2. The molecule has 1 aromatic heterocycles. The summed E-state index contributed by atoms with van der Waals surface area (Å²) >= 11 is 1.82. The molecule has 2 aliphatic heterocycles. The van der Waals surface area contributed by atoms with Crippen molar-refractivity contribution in [2.24, 2.45) is 4.99 Å². The molecule has 0 radical (unpaired) electrons. The number of nitrogens with one attached hydrogen (secondary N) is 1. The predicted octanol–water partition coefficient (Wildman–Crippen LogP) is 3.50. The molecule has 1 aromatic carbocycles. The van der Waals surface area contributed by atoms with E-state index < -0.39 is 0 Å². The van der Waals surface area contributed by atoms with Crippen LogP contribution in [0, 0.1) is 6.92 Å². The normalized spacial score (nSPS) is 20.0. The molecule has 2 fully saturated rings. The summed E-state index contributed by atoms with van der Waals surface area (Å²) in [5, 5.41) is 7.25. The van der Waals surface area contributed by atoms with E-state index in [1.54, 1.807) is 0 Å². The van der Waals surface area contributed by atoms with Crippen LogP contribution >= 0.6 is 11.3 Å². The van der Waals surface area contributed by atoms with Gasteiger partial charge in [0.05, 0.1) is 5.00 Å². The fourth-order valence-corrected chi connectivity index (χ4v) is 5.43. The minimum Gasteiger partial charge on any atom is -0.381 e. The summed E-state index contributed by atoms with van der Waals surface area (Å²) in [6.45, 7) is 8.86. The van der Waals surface area contributed by atoms with Crippen molar-refractivity contribution >= 4 is 22.3 Å². The van der Waals surface area contributed by atoms with Gasteiger partial charge in [0.15, 0.2) is 5.96 Å². The van der Waals surface area contributed by atoms with Crippen LogP contribution in [-0.2, 0) is 10.2 Å². The summed E-state index contributed by atoms with van der Waals surface area (Å²) in [5.41, 5.74) is 2.93. The number of hydrogen-bond donors (Lipinski definition) is 1. The topological polar surface area (TPSA) is 40.1 Å². The number of thiophene rings is 1. The van der Waals surface area contributed by atoms with Gasteiger partial charge in [-0.2, -0.15) is 0 Å². The molecule has 6 heteroatoms. The lowest BCUT2D eigenvalue weighted by Crippen LogP contribution is -2.55. The van der Waals surface area contributed by atoms with Gasteiger partial charge >= 0.3 is 0 Å². The van der Waals surface area contributed by atoms with Crippen molar-refractivity contribution in [2.75, 3.05) is 57.9 Å². The second-order valence-electron chi connectivity index (χ2n) is 8.03. The highest BCUT2D eigenvalue weighted by atomic mass is 32.1. The summed E-state index contributed by atoms with van der Waals surface area (Å²) in [5.74, 6) is 1.02. The molecular weight excluding hydrogens is 380 g/mol. The van der Waals surface area contributed by atoms with Gasteiger partial charge in [0.25, 0.3) is 0 Å². The molecule has 2 aliphatic rings. The number of aliphatic imine (C=N–C) groups is 1. The van der Waals surface area contributed by atoms with E-state index in [-0.39, 0.29) is 5.41 Å². The Balaban J connectivity index is 1.42. The first-order valence-electron chi connectivity index (χ1n) is 10.6. The second-order valence-corrected chi connectivity index (χ2v) is 8.96. The van der Waals surface area contributed by atoms with Crippen LogP contribution in [-0.4, -0.2) is 63.8 Å². The third-order valence-corrected chi connectivity index (χ3v) is 7.29. The first-order valence-corrected chi connectivity index (χ1v) is 11.5. The molecule has 3 heterocycles. The monoisotopic (exact) mass is 412 g/mol. The highest BCUT2D eigenvalue weighted by Crippen LogP contribution is 2.36. The second kappa shape index (κ2) is 9.18. The van der Waals surface area contributed by atoms with Crippen LogP contribution in [0.3, 0.4) is 0 Å². The summed E-state index contributed by atoms with van der Waals surface area (Å²) in [6, 6.07) is 13.2. The highest BCUT2D eigenvalue weighted by molar-refractivity contribution is 7.14. The van der Waals surface area contributed by atoms with Gasteiger partial charge in [-0.3, -0.25) is 4.99 Å². The van der Waals surface area contributed by atoms with Crippen LogP contribution in [0.1, 0.15) is 24.0 Å². The fourth-order valence-electron chi connectivity index (χ4n) is 4.64. The Labute approximate surface area is 178 Å². The number of piperazine rings is 1. The number of benzene rings is 1. The Morgan fingerprint density at radius 1 is 1.10 bits per heavy atom. The average Bonchev–Trinajstić information content (AvgIpc) is 3.31. The molecule has 0 bridgehead atoms. The third-order valence-electron chi connectivity index (χ3n) is 6.36. The molecule has 5 nitrogen and oxygen atoms in total. The molecule has 0 atom stereocenters. The molecule has 0 spiro atoms. The molecule has 2 aromatic rings. The molecule has 0 aliphatic carbocycles. The number of rotatable bonds is 4. The number of ether oxygens (including phenoxy) is 1. The quantitative estimate of drug-likeness (QED) is 0.616. The molecule has 0 amide bonds. The Kier molecular flexibility index (Phi) is 6.40. The Bertz CT molecular complexity index is 806. The smallest absolute Gasteiger partial charge is 0.193 e. The van der Waals surface area contributed by atoms with Gasteiger partial charge in [0.1, 0.15) is 0 Å². The molecule has 0 saturated carbocycles. The van der Waals surface area contributed by atoms with Crippen molar-refractivity contribution < 1.29 is 4.74 Å². The molecular formula is C23H32N4OS. The van der Waals surface area contributed by atoms with E-state index in [0.29, 0.717) is 0 Å². The van der Waals surface area contributed by atoms with Crippen molar-refractivity contribution in [1.29, 1.82) is 0 Å². The van der Waals surface area contributed by atoms with Crippen LogP contribution in [0.25, 0.3) is 0 Å². The predicted molar refractivity (Wildman–Crippen MR) is 122 cm³/mol. The van der Waals surface area contributed by atoms with E-state index in [0.717, 1.165) is 64.7 Å². The number of aryl methyl sites for hydroxylation is 1. The highest BCUT2D eigenvalue weighted by Gasteiger charge is 2.36. The van der Waals surface area contributed by atoms with Gasteiger partial charge in [-0.15, -0.1) is 11.3 Å². The number of anilines is 1. The van der Waals surface area contributed by atoms with Gasteiger partial charge in [-0.05, 0) is 48.4 Å². The average molecular weight is 413 g/mol. The standard InChI is InChI=1S/C23H32N4OS/c1-19-6-3-4-7-20(19)23(9-15-28-16-10-23)18-25-22(24-2)27-13-11-26(12-14-27)21-8-5-17-29-21/h3-8,17H,9-16,18H2,1-2H3,(H,24,25). The zero-order valence-electron chi connectivity index (χ0n) is 17.6. The summed E-state index contributed by atoms with van der Waals surface area (Å²) in [6.07, 6.45) is 2.10. The van der Waals surface area contributed by atoms with Gasteiger partial charge in [-0.25, -0.2) is 0 Å². The van der Waals surface area contributed by atoms with E-state index in [1.165, 1.54) is 16.1 Å². The van der Waals surface area contributed by atoms with Crippen LogP contribution in [0.5, 0.6) is 0 Å². The largest absolute Gasteiger partial charge is 0.381 e. The van der Waals surface area contributed by atoms with E-state index in [1.807, 2.05) is 18.4 Å². The number of guanidine groups is 1. The lowest BCUT2D eigenvalue weighted by Gasteiger charge is -2.41. The van der Waals surface area contributed by atoms with E-state index in [4.69, 9.17) is 4.74 Å². The van der Waals surface area contributed by atoms with E-state index in [9.17, 15) is 0 Å². The van der Waals surface area contributed by atoms with Crippen molar-refractivity contribution in [1.82, 2.24) is 10.2 Å². The number of hydrogen-bond acceptors (Lipinski definition) is 4. The van der Waals surface area contributed by atoms with Gasteiger partial charge in [-0.1, -0.05) is 24.3 Å². The summed E-state index contributed by atoms with van der Waals surface area (Å²) in [4.78, 5) is 9.49. The van der Waals surface area contributed by atoms with Gasteiger partial charge in [0, 0.05) is 58.4 Å². The zero-order valence-corrected chi connectivity index (χ0v) is 18.4. The summed E-state index contributed by atoms with van der Waals surface area (Å²) in [7, 11) is 1.90. The molecule has 4 rings (SSSR count). The van der Waals surface area contributed by atoms with Crippen LogP contribution in [0.4, 0.5) is 5.00 Å². The molecule has 29 heavy (non-hydrogen) atoms. The number of nitrogens with zero attached hydrogens (tertiary/aromatic N) is 3. The molecule has 1 N–H and O–H groups in total. The maximum Gasteiger partial charge on any atom is 0.193 e. The Morgan fingerprint density at radius 2 is 1.86 bits per heavy atom. The minimum absolute atomic E-state index is 0.109. The minimum atomic E-state index is 0.109. The Morgan fingerprint density at radius 3 is 2.52 bits per heavy atom. The molecule has 2 saturated heterocycles.